The van der Waals surface area contributed by atoms with Crippen molar-refractivity contribution in [3.05, 3.63) is 60.0 Å². The molecule has 0 saturated carbocycles. The molecule has 0 atom stereocenters. The first kappa shape index (κ1) is 15.9. The van der Waals surface area contributed by atoms with Crippen molar-refractivity contribution in [2.45, 2.75) is 6.54 Å². The number of hydrogen-bond donors (Lipinski definition) is 2. The van der Waals surface area contributed by atoms with E-state index in [4.69, 9.17) is 9.47 Å². The number of carbonyl (C=O) groups excluding carboxylic acids is 2. The van der Waals surface area contributed by atoms with Crippen LogP contribution in [0.25, 0.3) is 5.65 Å². The predicted octanol–water partition coefficient (Wildman–Crippen LogP) is 1.11. The lowest BCUT2D eigenvalue weighted by molar-refractivity contribution is -0.120. The molecule has 3 aromatic rings. The summed E-state index contributed by atoms with van der Waals surface area (Å²) in [7, 11) is 0. The Morgan fingerprint density at radius 1 is 1.12 bits per heavy atom. The van der Waals surface area contributed by atoms with Crippen molar-refractivity contribution >= 4 is 17.5 Å². The molecule has 0 spiro atoms. The minimum absolute atomic E-state index is 0.124. The summed E-state index contributed by atoms with van der Waals surface area (Å²) in [5.41, 5.74) is 1.96. The molecule has 2 amide bonds. The zero-order valence-corrected chi connectivity index (χ0v) is 13.8. The minimum atomic E-state index is -0.355. The first-order chi connectivity index (χ1) is 12.7. The van der Waals surface area contributed by atoms with Crippen molar-refractivity contribution in [3.63, 3.8) is 0 Å². The second-order valence-corrected chi connectivity index (χ2v) is 5.73. The number of aromatic nitrogens is 2. The smallest absolute Gasteiger partial charge is 0.251 e. The highest BCUT2D eigenvalue weighted by Crippen LogP contribution is 2.32. The van der Waals surface area contributed by atoms with Crippen LogP contribution in [0.3, 0.4) is 0 Å². The molecule has 0 aliphatic carbocycles. The fourth-order valence-electron chi connectivity index (χ4n) is 2.62. The van der Waals surface area contributed by atoms with E-state index in [1.807, 2.05) is 35.0 Å². The summed E-state index contributed by atoms with van der Waals surface area (Å²) < 4.78 is 12.3. The summed E-state index contributed by atoms with van der Waals surface area (Å²) in [6, 6.07) is 10.6. The number of ether oxygens (including phenoxy) is 2. The lowest BCUT2D eigenvalue weighted by atomic mass is 10.2. The minimum Gasteiger partial charge on any atom is -0.454 e. The van der Waals surface area contributed by atoms with Crippen molar-refractivity contribution < 1.29 is 19.1 Å². The SMILES string of the molecule is O=C(CNC(=O)c1ccc2c(c1)OCO2)NCc1cn2ccccc2n1. The third-order valence-corrected chi connectivity index (χ3v) is 3.92. The van der Waals surface area contributed by atoms with Gasteiger partial charge in [0.05, 0.1) is 18.8 Å². The zero-order valence-electron chi connectivity index (χ0n) is 13.8. The Balaban J connectivity index is 1.29. The van der Waals surface area contributed by atoms with E-state index < -0.39 is 0 Å². The molecule has 0 radical (unpaired) electrons. The fraction of sp³-hybridized carbons (Fsp3) is 0.167. The number of carbonyl (C=O) groups is 2. The van der Waals surface area contributed by atoms with Gasteiger partial charge in [-0.1, -0.05) is 6.07 Å². The number of rotatable bonds is 5. The maximum absolute atomic E-state index is 12.1. The monoisotopic (exact) mass is 352 g/mol. The number of nitrogens with zero attached hydrogens (tertiary/aromatic N) is 2. The van der Waals surface area contributed by atoms with Gasteiger partial charge in [-0.25, -0.2) is 4.98 Å². The van der Waals surface area contributed by atoms with Crippen molar-refractivity contribution in [2.24, 2.45) is 0 Å². The Labute approximate surface area is 148 Å². The highest BCUT2D eigenvalue weighted by molar-refractivity contribution is 5.97. The van der Waals surface area contributed by atoms with Gasteiger partial charge in [-0.3, -0.25) is 9.59 Å². The summed E-state index contributed by atoms with van der Waals surface area (Å²) in [5.74, 6) is 0.475. The normalized spacial score (nSPS) is 12.2. The van der Waals surface area contributed by atoms with Crippen LogP contribution in [0.2, 0.25) is 0 Å². The van der Waals surface area contributed by atoms with Crippen LogP contribution in [0.1, 0.15) is 16.1 Å². The molecule has 3 heterocycles. The Kier molecular flexibility index (Phi) is 4.14. The summed E-state index contributed by atoms with van der Waals surface area (Å²) >= 11 is 0. The summed E-state index contributed by atoms with van der Waals surface area (Å²) in [4.78, 5) is 28.5. The molecule has 26 heavy (non-hydrogen) atoms. The highest BCUT2D eigenvalue weighted by Gasteiger charge is 2.16. The Bertz CT molecular complexity index is 949. The van der Waals surface area contributed by atoms with Crippen LogP contribution in [-0.4, -0.2) is 34.5 Å². The van der Waals surface area contributed by atoms with Gasteiger partial charge in [0, 0.05) is 18.0 Å². The first-order valence-corrected chi connectivity index (χ1v) is 8.06. The molecule has 0 unspecified atom stereocenters. The number of amides is 2. The van der Waals surface area contributed by atoms with Gasteiger partial charge in [-0.05, 0) is 30.3 Å². The summed E-state index contributed by atoms with van der Waals surface area (Å²) in [6.07, 6.45) is 3.74. The molecule has 0 bridgehead atoms. The van der Waals surface area contributed by atoms with E-state index in [9.17, 15) is 9.59 Å². The third-order valence-electron chi connectivity index (χ3n) is 3.92. The van der Waals surface area contributed by atoms with E-state index in [0.29, 0.717) is 23.6 Å². The van der Waals surface area contributed by atoms with E-state index in [-0.39, 0.29) is 25.2 Å². The van der Waals surface area contributed by atoms with E-state index in [2.05, 4.69) is 15.6 Å². The van der Waals surface area contributed by atoms with Gasteiger partial charge in [0.2, 0.25) is 12.7 Å². The van der Waals surface area contributed by atoms with Gasteiger partial charge in [0.1, 0.15) is 5.65 Å². The molecule has 0 saturated heterocycles. The van der Waals surface area contributed by atoms with Crippen molar-refractivity contribution in [3.8, 4) is 11.5 Å². The number of nitrogens with one attached hydrogen (secondary N) is 2. The molecule has 1 aromatic carbocycles. The van der Waals surface area contributed by atoms with E-state index in [0.717, 1.165) is 11.3 Å². The standard InChI is InChI=1S/C18H16N4O4/c23-17(19-8-13-10-22-6-2-1-3-16(22)21-13)9-20-18(24)12-4-5-14-15(7-12)26-11-25-14/h1-7,10H,8-9,11H2,(H,19,23)(H,20,24). The molecule has 2 aromatic heterocycles. The fourth-order valence-corrected chi connectivity index (χ4v) is 2.62. The van der Waals surface area contributed by atoms with Gasteiger partial charge < -0.3 is 24.5 Å². The van der Waals surface area contributed by atoms with Crippen LogP contribution in [0.5, 0.6) is 11.5 Å². The van der Waals surface area contributed by atoms with Crippen LogP contribution >= 0.6 is 0 Å². The number of pyridine rings is 1. The largest absolute Gasteiger partial charge is 0.454 e. The number of imidazole rings is 1. The van der Waals surface area contributed by atoms with E-state index >= 15 is 0 Å². The second kappa shape index (κ2) is 6.75. The van der Waals surface area contributed by atoms with Crippen LogP contribution in [0, 0.1) is 0 Å². The van der Waals surface area contributed by atoms with Gasteiger partial charge in [0.15, 0.2) is 11.5 Å². The third kappa shape index (κ3) is 3.30. The van der Waals surface area contributed by atoms with E-state index in [1.54, 1.807) is 18.2 Å². The molecule has 2 N–H and O–H groups in total. The van der Waals surface area contributed by atoms with Crippen molar-refractivity contribution in [1.29, 1.82) is 0 Å². The lowest BCUT2D eigenvalue weighted by Crippen LogP contribution is -2.36. The molecule has 4 rings (SSSR count). The maximum atomic E-state index is 12.1. The molecule has 8 heteroatoms. The van der Waals surface area contributed by atoms with Crippen molar-refractivity contribution in [2.75, 3.05) is 13.3 Å². The van der Waals surface area contributed by atoms with Crippen LogP contribution < -0.4 is 20.1 Å². The average Bonchev–Trinajstić information content (AvgIpc) is 3.29. The van der Waals surface area contributed by atoms with Gasteiger partial charge in [-0.2, -0.15) is 0 Å². The quantitative estimate of drug-likeness (QED) is 0.717. The van der Waals surface area contributed by atoms with Crippen molar-refractivity contribution in [1.82, 2.24) is 20.0 Å². The Morgan fingerprint density at radius 3 is 2.88 bits per heavy atom. The van der Waals surface area contributed by atoms with Crippen LogP contribution in [0.4, 0.5) is 0 Å². The number of hydrogen-bond acceptors (Lipinski definition) is 5. The first-order valence-electron chi connectivity index (χ1n) is 8.06. The molecule has 1 aliphatic rings. The zero-order chi connectivity index (χ0) is 17.9. The molecule has 8 nitrogen and oxygen atoms in total. The molecule has 132 valence electrons. The summed E-state index contributed by atoms with van der Waals surface area (Å²) in [6.45, 7) is 0.312. The highest BCUT2D eigenvalue weighted by atomic mass is 16.7. The number of benzene rings is 1. The Hall–Kier alpha value is -3.55. The average molecular weight is 352 g/mol. The molecule has 1 aliphatic heterocycles. The Morgan fingerprint density at radius 2 is 2.00 bits per heavy atom. The molecular formula is C18H16N4O4. The van der Waals surface area contributed by atoms with Crippen LogP contribution in [-0.2, 0) is 11.3 Å². The molecule has 0 fully saturated rings. The van der Waals surface area contributed by atoms with Crippen LogP contribution in [0.15, 0.2) is 48.8 Å². The van der Waals surface area contributed by atoms with E-state index in [1.165, 1.54) is 0 Å². The lowest BCUT2D eigenvalue weighted by Gasteiger charge is -2.06. The van der Waals surface area contributed by atoms with Gasteiger partial charge >= 0.3 is 0 Å². The van der Waals surface area contributed by atoms with Gasteiger partial charge in [0.25, 0.3) is 5.91 Å². The summed E-state index contributed by atoms with van der Waals surface area (Å²) in [5, 5.41) is 5.31. The van der Waals surface area contributed by atoms with Gasteiger partial charge in [-0.15, -0.1) is 0 Å². The molecular weight excluding hydrogens is 336 g/mol. The second-order valence-electron chi connectivity index (χ2n) is 5.73. The maximum Gasteiger partial charge on any atom is 0.251 e. The predicted molar refractivity (Wildman–Crippen MR) is 91.9 cm³/mol. The number of fused-ring (bicyclic) bond motifs is 2. The topological polar surface area (TPSA) is 94.0 Å².